The van der Waals surface area contributed by atoms with Gasteiger partial charge in [0, 0.05) is 23.5 Å². The summed E-state index contributed by atoms with van der Waals surface area (Å²) in [5, 5.41) is 0.861. The van der Waals surface area contributed by atoms with Crippen LogP contribution in [0.1, 0.15) is 0 Å². The molecule has 0 saturated heterocycles. The van der Waals surface area contributed by atoms with Gasteiger partial charge >= 0.3 is 0 Å². The van der Waals surface area contributed by atoms with Gasteiger partial charge in [-0.3, -0.25) is 0 Å². The van der Waals surface area contributed by atoms with E-state index >= 15 is 0 Å². The summed E-state index contributed by atoms with van der Waals surface area (Å²) in [6, 6.07) is 1.85. The number of anilines is 1. The molecule has 0 aliphatic heterocycles. The highest BCUT2D eigenvalue weighted by atomic mass is 79.9. The number of nitrogens with zero attached hydrogens (tertiary/aromatic N) is 1. The van der Waals surface area contributed by atoms with Crippen molar-refractivity contribution in [1.29, 1.82) is 0 Å². The van der Waals surface area contributed by atoms with Gasteiger partial charge in [-0.1, -0.05) is 0 Å². The summed E-state index contributed by atoms with van der Waals surface area (Å²) in [5.74, 6) is 0.870. The average molecular weight is 263 g/mol. The van der Waals surface area contributed by atoms with Crippen molar-refractivity contribution in [2.75, 3.05) is 25.2 Å². The van der Waals surface area contributed by atoms with E-state index in [-0.39, 0.29) is 0 Å². The number of nitrogens with two attached hydrogens (primary N) is 1. The fraction of sp³-hybridized carbons (Fsp3) is 0.375. The molecule has 13 heavy (non-hydrogen) atoms. The highest BCUT2D eigenvalue weighted by Gasteiger charge is 2.01. The molecule has 5 heteroatoms. The molecule has 0 unspecified atom stereocenters. The lowest BCUT2D eigenvalue weighted by molar-refractivity contribution is 0.218. The third-order valence-electron chi connectivity index (χ3n) is 1.37. The lowest BCUT2D eigenvalue weighted by Gasteiger charge is -2.03. The second kappa shape index (κ2) is 5.47. The Kier molecular flexibility index (Phi) is 4.55. The number of hydrogen-bond donors (Lipinski definition) is 1. The van der Waals surface area contributed by atoms with E-state index in [0.717, 1.165) is 15.3 Å². The minimum Gasteiger partial charge on any atom is -0.397 e. The Labute approximate surface area is 90.2 Å². The molecular formula is C8H11BrN2OS. The van der Waals surface area contributed by atoms with Crippen molar-refractivity contribution in [1.82, 2.24) is 4.98 Å². The van der Waals surface area contributed by atoms with E-state index in [4.69, 9.17) is 10.5 Å². The molecule has 3 nitrogen and oxygen atoms in total. The van der Waals surface area contributed by atoms with E-state index in [1.807, 2.05) is 6.07 Å². The monoisotopic (exact) mass is 262 g/mol. The third-order valence-corrected chi connectivity index (χ3v) is 2.79. The fourth-order valence-electron chi connectivity index (χ4n) is 0.785. The minimum atomic E-state index is 0.704. The number of halogens is 1. The Morgan fingerprint density at radius 1 is 1.69 bits per heavy atom. The quantitative estimate of drug-likeness (QED) is 0.668. The first-order valence-corrected chi connectivity index (χ1v) is 5.54. The van der Waals surface area contributed by atoms with E-state index in [1.165, 1.54) is 0 Å². The van der Waals surface area contributed by atoms with Crippen LogP contribution in [-0.2, 0) is 4.74 Å². The van der Waals surface area contributed by atoms with Crippen LogP contribution < -0.4 is 5.73 Å². The number of nitrogen functional groups attached to an aromatic ring is 1. The molecule has 1 aromatic rings. The van der Waals surface area contributed by atoms with Crippen LogP contribution in [0.15, 0.2) is 21.8 Å². The summed E-state index contributed by atoms with van der Waals surface area (Å²) >= 11 is 4.90. The van der Waals surface area contributed by atoms with Crippen molar-refractivity contribution < 1.29 is 4.74 Å². The van der Waals surface area contributed by atoms with Crippen molar-refractivity contribution in [2.24, 2.45) is 0 Å². The van der Waals surface area contributed by atoms with Crippen LogP contribution in [0.3, 0.4) is 0 Å². The van der Waals surface area contributed by atoms with Crippen molar-refractivity contribution in [2.45, 2.75) is 5.03 Å². The Morgan fingerprint density at radius 3 is 3.08 bits per heavy atom. The molecule has 2 N–H and O–H groups in total. The molecular weight excluding hydrogens is 252 g/mol. The molecule has 72 valence electrons. The molecule has 0 aliphatic rings. The number of pyridine rings is 1. The van der Waals surface area contributed by atoms with Gasteiger partial charge in [0.15, 0.2) is 0 Å². The van der Waals surface area contributed by atoms with E-state index in [2.05, 4.69) is 20.9 Å². The number of ether oxygens (including phenoxy) is 1. The van der Waals surface area contributed by atoms with Crippen LogP contribution in [0.4, 0.5) is 5.69 Å². The maximum Gasteiger partial charge on any atom is 0.119 e. The highest BCUT2D eigenvalue weighted by Crippen LogP contribution is 2.24. The SMILES string of the molecule is COCCSc1ncc(Br)cc1N. The van der Waals surface area contributed by atoms with Crippen molar-refractivity contribution >= 4 is 33.4 Å². The van der Waals surface area contributed by atoms with Crippen molar-refractivity contribution in [3.63, 3.8) is 0 Å². The van der Waals surface area contributed by atoms with Gasteiger partial charge in [0.1, 0.15) is 5.03 Å². The first-order chi connectivity index (χ1) is 6.24. The molecule has 0 fully saturated rings. The summed E-state index contributed by atoms with van der Waals surface area (Å²) in [7, 11) is 1.68. The standard InChI is InChI=1S/C8H11BrN2OS/c1-12-2-3-13-8-7(10)4-6(9)5-11-8/h4-5H,2-3,10H2,1H3. The first-order valence-electron chi connectivity index (χ1n) is 3.77. The Balaban J connectivity index is 2.56. The molecule has 0 amide bonds. The number of rotatable bonds is 4. The summed E-state index contributed by atoms with van der Waals surface area (Å²) in [6.45, 7) is 0.710. The van der Waals surface area contributed by atoms with Crippen LogP contribution in [-0.4, -0.2) is 24.5 Å². The molecule has 0 aromatic carbocycles. The predicted octanol–water partition coefficient (Wildman–Crippen LogP) is 2.16. The van der Waals surface area contributed by atoms with Gasteiger partial charge in [-0.2, -0.15) is 0 Å². The fourth-order valence-corrected chi connectivity index (χ4v) is 1.93. The van der Waals surface area contributed by atoms with Crippen LogP contribution in [0.25, 0.3) is 0 Å². The summed E-state index contributed by atoms with van der Waals surface area (Å²) < 4.78 is 5.83. The third kappa shape index (κ3) is 3.54. The smallest absolute Gasteiger partial charge is 0.119 e. The lowest BCUT2D eigenvalue weighted by Crippen LogP contribution is -1.96. The summed E-state index contributed by atoms with van der Waals surface area (Å²) in [6.07, 6.45) is 1.74. The minimum absolute atomic E-state index is 0.704. The molecule has 1 aromatic heterocycles. The van der Waals surface area contributed by atoms with Gasteiger partial charge in [-0.25, -0.2) is 4.98 Å². The second-order valence-corrected chi connectivity index (χ2v) is 4.39. The van der Waals surface area contributed by atoms with Gasteiger partial charge in [0.2, 0.25) is 0 Å². The topological polar surface area (TPSA) is 48.1 Å². The van der Waals surface area contributed by atoms with Crippen LogP contribution in [0.5, 0.6) is 0 Å². The van der Waals surface area contributed by atoms with Gasteiger partial charge < -0.3 is 10.5 Å². The van der Waals surface area contributed by atoms with E-state index < -0.39 is 0 Å². The Morgan fingerprint density at radius 2 is 2.46 bits per heavy atom. The maximum absolute atomic E-state index is 5.75. The maximum atomic E-state index is 5.75. The zero-order valence-electron chi connectivity index (χ0n) is 7.29. The van der Waals surface area contributed by atoms with Gasteiger partial charge in [0.05, 0.1) is 12.3 Å². The molecule has 1 heterocycles. The molecule has 0 spiro atoms. The highest BCUT2D eigenvalue weighted by molar-refractivity contribution is 9.10. The number of hydrogen-bond acceptors (Lipinski definition) is 4. The van der Waals surface area contributed by atoms with Gasteiger partial charge in [-0.15, -0.1) is 11.8 Å². The molecule has 1 rings (SSSR count). The van der Waals surface area contributed by atoms with E-state index in [1.54, 1.807) is 25.1 Å². The molecule has 0 saturated carbocycles. The second-order valence-electron chi connectivity index (χ2n) is 2.39. The Hall–Kier alpha value is -0.260. The average Bonchev–Trinajstić information content (AvgIpc) is 2.09. The molecule has 0 aliphatic carbocycles. The normalized spacial score (nSPS) is 10.3. The van der Waals surface area contributed by atoms with Gasteiger partial charge in [-0.05, 0) is 22.0 Å². The predicted molar refractivity (Wildman–Crippen MR) is 58.9 cm³/mol. The number of methoxy groups -OCH3 is 1. The number of thioether (sulfide) groups is 1. The van der Waals surface area contributed by atoms with Crippen LogP contribution in [0.2, 0.25) is 0 Å². The molecule has 0 radical (unpaired) electrons. The zero-order chi connectivity index (χ0) is 9.68. The first kappa shape index (κ1) is 10.8. The zero-order valence-corrected chi connectivity index (χ0v) is 9.69. The van der Waals surface area contributed by atoms with Crippen molar-refractivity contribution in [3.8, 4) is 0 Å². The Bertz CT molecular complexity index is 283. The van der Waals surface area contributed by atoms with E-state index in [0.29, 0.717) is 12.3 Å². The van der Waals surface area contributed by atoms with E-state index in [9.17, 15) is 0 Å². The summed E-state index contributed by atoms with van der Waals surface area (Å²) in [5.41, 5.74) is 6.45. The van der Waals surface area contributed by atoms with Gasteiger partial charge in [0.25, 0.3) is 0 Å². The largest absolute Gasteiger partial charge is 0.397 e. The van der Waals surface area contributed by atoms with Crippen LogP contribution in [0, 0.1) is 0 Å². The molecule has 0 atom stereocenters. The van der Waals surface area contributed by atoms with Crippen LogP contribution >= 0.6 is 27.7 Å². The summed E-state index contributed by atoms with van der Waals surface area (Å²) in [4.78, 5) is 4.19. The molecule has 0 bridgehead atoms. The number of aromatic nitrogens is 1. The lowest BCUT2D eigenvalue weighted by atomic mass is 10.4. The van der Waals surface area contributed by atoms with Crippen molar-refractivity contribution in [3.05, 3.63) is 16.7 Å².